The first-order chi connectivity index (χ1) is 12.1. The number of thiophene rings is 1. The van der Waals surface area contributed by atoms with Crippen molar-refractivity contribution in [1.82, 2.24) is 10.2 Å². The van der Waals surface area contributed by atoms with Crippen LogP contribution in [-0.4, -0.2) is 29.9 Å². The first-order valence-electron chi connectivity index (χ1n) is 8.07. The van der Waals surface area contributed by atoms with Crippen LogP contribution in [0.2, 0.25) is 0 Å². The number of rotatable bonds is 3. The van der Waals surface area contributed by atoms with Crippen LogP contribution in [0, 0.1) is 11.3 Å². The van der Waals surface area contributed by atoms with Crippen LogP contribution in [0.5, 0.6) is 0 Å². The molecule has 25 heavy (non-hydrogen) atoms. The van der Waals surface area contributed by atoms with E-state index < -0.39 is 0 Å². The number of hydrogen-bond acceptors (Lipinski definition) is 4. The molecule has 2 heterocycles. The van der Waals surface area contributed by atoms with E-state index in [-0.39, 0.29) is 11.9 Å². The SMILES string of the molecule is CCNC(=O)N1CCc2c(sc(NC(=O)c3ccccc3)c2C#N)C1. The minimum Gasteiger partial charge on any atom is -0.338 e. The van der Waals surface area contributed by atoms with E-state index in [1.165, 1.54) is 11.3 Å². The summed E-state index contributed by atoms with van der Waals surface area (Å²) in [5.74, 6) is -0.240. The van der Waals surface area contributed by atoms with Crippen LogP contribution >= 0.6 is 11.3 Å². The normalized spacial score (nSPS) is 12.9. The van der Waals surface area contributed by atoms with Crippen LogP contribution in [0.3, 0.4) is 0 Å². The van der Waals surface area contributed by atoms with E-state index in [9.17, 15) is 14.9 Å². The molecule has 0 saturated heterocycles. The zero-order valence-electron chi connectivity index (χ0n) is 13.8. The molecule has 6 nitrogen and oxygen atoms in total. The van der Waals surface area contributed by atoms with Gasteiger partial charge in [0.2, 0.25) is 0 Å². The number of urea groups is 1. The van der Waals surface area contributed by atoms with Crippen LogP contribution in [0.4, 0.5) is 9.80 Å². The lowest BCUT2D eigenvalue weighted by Crippen LogP contribution is -2.42. The Bertz CT molecular complexity index is 839. The molecular weight excluding hydrogens is 336 g/mol. The Balaban J connectivity index is 1.82. The Kier molecular flexibility index (Phi) is 5.00. The maximum absolute atomic E-state index is 12.4. The average molecular weight is 354 g/mol. The smallest absolute Gasteiger partial charge is 0.317 e. The van der Waals surface area contributed by atoms with E-state index in [0.717, 1.165) is 10.4 Å². The van der Waals surface area contributed by atoms with Crippen LogP contribution in [0.1, 0.15) is 33.3 Å². The third kappa shape index (κ3) is 3.49. The molecule has 0 bridgehead atoms. The Morgan fingerprint density at radius 2 is 2.08 bits per heavy atom. The second-order valence-electron chi connectivity index (χ2n) is 5.65. The predicted octanol–water partition coefficient (Wildman–Crippen LogP) is 2.96. The molecule has 1 aromatic heterocycles. The third-order valence-corrected chi connectivity index (χ3v) is 5.18. The summed E-state index contributed by atoms with van der Waals surface area (Å²) < 4.78 is 0. The van der Waals surface area contributed by atoms with Crippen LogP contribution in [-0.2, 0) is 13.0 Å². The molecule has 0 fully saturated rings. The highest BCUT2D eigenvalue weighted by atomic mass is 32.1. The van der Waals surface area contributed by atoms with Gasteiger partial charge in [-0.1, -0.05) is 18.2 Å². The second-order valence-corrected chi connectivity index (χ2v) is 6.75. The molecule has 0 spiro atoms. The highest BCUT2D eigenvalue weighted by molar-refractivity contribution is 7.16. The first kappa shape index (κ1) is 17.0. The van der Waals surface area contributed by atoms with Crippen molar-refractivity contribution in [2.24, 2.45) is 0 Å². The number of carbonyl (C=O) groups excluding carboxylic acids is 2. The minimum absolute atomic E-state index is 0.102. The van der Waals surface area contributed by atoms with Gasteiger partial charge in [0.05, 0.1) is 12.1 Å². The summed E-state index contributed by atoms with van der Waals surface area (Å²) in [6.07, 6.45) is 0.618. The second kappa shape index (κ2) is 7.36. The van der Waals surface area contributed by atoms with Crippen molar-refractivity contribution >= 4 is 28.3 Å². The largest absolute Gasteiger partial charge is 0.338 e. The number of amides is 3. The lowest BCUT2D eigenvalue weighted by atomic mass is 10.0. The van der Waals surface area contributed by atoms with Crippen molar-refractivity contribution < 1.29 is 9.59 Å². The molecule has 1 aliphatic heterocycles. The van der Waals surface area contributed by atoms with Gasteiger partial charge in [0.25, 0.3) is 5.91 Å². The molecule has 0 radical (unpaired) electrons. The summed E-state index contributed by atoms with van der Waals surface area (Å²) in [6.45, 7) is 3.48. The zero-order chi connectivity index (χ0) is 17.8. The maximum atomic E-state index is 12.4. The van der Waals surface area contributed by atoms with Gasteiger partial charge >= 0.3 is 6.03 Å². The minimum atomic E-state index is -0.240. The molecular formula is C18H18N4O2S. The van der Waals surface area contributed by atoms with Gasteiger partial charge in [-0.25, -0.2) is 4.79 Å². The van der Waals surface area contributed by atoms with Crippen molar-refractivity contribution in [2.75, 3.05) is 18.4 Å². The molecule has 7 heteroatoms. The summed E-state index contributed by atoms with van der Waals surface area (Å²) in [4.78, 5) is 27.1. The van der Waals surface area contributed by atoms with Crippen molar-refractivity contribution in [2.45, 2.75) is 19.9 Å². The number of carbonyl (C=O) groups is 2. The Morgan fingerprint density at radius 3 is 2.76 bits per heavy atom. The highest BCUT2D eigenvalue weighted by Crippen LogP contribution is 2.36. The van der Waals surface area contributed by atoms with Crippen LogP contribution in [0.25, 0.3) is 0 Å². The van der Waals surface area contributed by atoms with E-state index in [0.29, 0.717) is 42.2 Å². The monoisotopic (exact) mass is 354 g/mol. The van der Waals surface area contributed by atoms with Crippen molar-refractivity contribution in [3.05, 3.63) is 51.9 Å². The van der Waals surface area contributed by atoms with Gasteiger partial charge in [-0.15, -0.1) is 11.3 Å². The molecule has 2 N–H and O–H groups in total. The number of nitrogens with one attached hydrogen (secondary N) is 2. The molecule has 2 aromatic rings. The van der Waals surface area contributed by atoms with Crippen molar-refractivity contribution in [3.63, 3.8) is 0 Å². The molecule has 3 rings (SSSR count). The summed E-state index contributed by atoms with van der Waals surface area (Å²) in [6, 6.07) is 11.0. The standard InChI is InChI=1S/C18H18N4O2S/c1-2-20-18(24)22-9-8-13-14(10-19)17(25-15(13)11-22)21-16(23)12-6-4-3-5-7-12/h3-7H,2,8-9,11H2,1H3,(H,20,24)(H,21,23). The molecule has 128 valence electrons. The maximum Gasteiger partial charge on any atom is 0.317 e. The van der Waals surface area contributed by atoms with Gasteiger partial charge in [-0.2, -0.15) is 5.26 Å². The average Bonchev–Trinajstić information content (AvgIpc) is 2.98. The number of benzene rings is 1. The molecule has 1 aromatic carbocycles. The van der Waals surface area contributed by atoms with E-state index >= 15 is 0 Å². The summed E-state index contributed by atoms with van der Waals surface area (Å²) in [7, 11) is 0. The molecule has 1 aliphatic rings. The molecule has 0 aliphatic carbocycles. The zero-order valence-corrected chi connectivity index (χ0v) is 14.7. The molecule has 0 unspecified atom stereocenters. The molecule has 0 saturated carbocycles. The van der Waals surface area contributed by atoms with E-state index in [4.69, 9.17) is 0 Å². The van der Waals surface area contributed by atoms with Gasteiger partial charge in [0, 0.05) is 23.5 Å². The van der Waals surface area contributed by atoms with Crippen molar-refractivity contribution in [3.8, 4) is 6.07 Å². The van der Waals surface area contributed by atoms with E-state index in [2.05, 4.69) is 16.7 Å². The Morgan fingerprint density at radius 1 is 1.32 bits per heavy atom. The summed E-state index contributed by atoms with van der Waals surface area (Å²) in [5.41, 5.74) is 2.00. The van der Waals surface area contributed by atoms with Crippen molar-refractivity contribution in [1.29, 1.82) is 5.26 Å². The van der Waals surface area contributed by atoms with Gasteiger partial charge in [-0.3, -0.25) is 4.79 Å². The lowest BCUT2D eigenvalue weighted by molar-refractivity contribution is 0.102. The van der Waals surface area contributed by atoms with Crippen LogP contribution < -0.4 is 10.6 Å². The third-order valence-electron chi connectivity index (χ3n) is 4.05. The van der Waals surface area contributed by atoms with Gasteiger partial charge in [-0.05, 0) is 31.0 Å². The topological polar surface area (TPSA) is 85.2 Å². The first-order valence-corrected chi connectivity index (χ1v) is 8.89. The fraction of sp³-hybridized carbons (Fsp3) is 0.278. The quantitative estimate of drug-likeness (QED) is 0.888. The predicted molar refractivity (Wildman–Crippen MR) is 96.6 cm³/mol. The fourth-order valence-electron chi connectivity index (χ4n) is 2.81. The Hall–Kier alpha value is -2.85. The number of nitriles is 1. The number of hydrogen-bond donors (Lipinski definition) is 2. The van der Waals surface area contributed by atoms with E-state index in [1.807, 2.05) is 13.0 Å². The highest BCUT2D eigenvalue weighted by Gasteiger charge is 2.27. The van der Waals surface area contributed by atoms with Crippen LogP contribution in [0.15, 0.2) is 30.3 Å². The number of anilines is 1. The summed E-state index contributed by atoms with van der Waals surface area (Å²) >= 11 is 1.37. The van der Waals surface area contributed by atoms with Gasteiger partial charge in [0.15, 0.2) is 0 Å². The molecule has 3 amide bonds. The Labute approximate surface area is 150 Å². The molecule has 0 atom stereocenters. The van der Waals surface area contributed by atoms with Gasteiger partial charge in [0.1, 0.15) is 11.1 Å². The number of fused-ring (bicyclic) bond motifs is 1. The van der Waals surface area contributed by atoms with Gasteiger partial charge < -0.3 is 15.5 Å². The van der Waals surface area contributed by atoms with E-state index in [1.54, 1.807) is 29.2 Å². The fourth-order valence-corrected chi connectivity index (χ4v) is 4.02. The summed E-state index contributed by atoms with van der Waals surface area (Å²) in [5, 5.41) is 15.7. The number of nitrogens with zero attached hydrogens (tertiary/aromatic N) is 2. The lowest BCUT2D eigenvalue weighted by Gasteiger charge is -2.26.